The summed E-state index contributed by atoms with van der Waals surface area (Å²) in [6, 6.07) is 8.24. The van der Waals surface area contributed by atoms with Crippen molar-refractivity contribution < 1.29 is 0 Å². The van der Waals surface area contributed by atoms with Gasteiger partial charge >= 0.3 is 0 Å². The first-order chi connectivity index (χ1) is 7.76. The summed E-state index contributed by atoms with van der Waals surface area (Å²) < 4.78 is 0.891. The molecule has 0 unspecified atom stereocenters. The smallest absolute Gasteiger partial charge is 0.103 e. The number of hydrogen-bond acceptors (Lipinski definition) is 2. The Morgan fingerprint density at radius 2 is 2.25 bits per heavy atom. The van der Waals surface area contributed by atoms with Crippen LogP contribution in [0.2, 0.25) is 0 Å². The molecule has 3 heteroatoms. The first-order valence-electron chi connectivity index (χ1n) is 5.69. The van der Waals surface area contributed by atoms with Crippen molar-refractivity contribution in [3.05, 3.63) is 28.2 Å². The van der Waals surface area contributed by atoms with Crippen LogP contribution in [0.15, 0.2) is 22.7 Å². The Labute approximate surface area is 105 Å². The van der Waals surface area contributed by atoms with Gasteiger partial charge in [-0.2, -0.15) is 5.26 Å². The van der Waals surface area contributed by atoms with Gasteiger partial charge in [-0.3, -0.25) is 0 Å². The van der Waals surface area contributed by atoms with Crippen molar-refractivity contribution in [1.29, 1.82) is 5.26 Å². The van der Waals surface area contributed by atoms with Gasteiger partial charge in [0.15, 0.2) is 0 Å². The summed E-state index contributed by atoms with van der Waals surface area (Å²) in [5.41, 5.74) is 1.82. The second kappa shape index (κ2) is 4.88. The van der Waals surface area contributed by atoms with Crippen molar-refractivity contribution in [3.8, 4) is 6.07 Å². The SMILES string of the molecule is CCN(CC1CC1)c1cccc(Br)c1C#N. The van der Waals surface area contributed by atoms with Gasteiger partial charge in [-0.25, -0.2) is 0 Å². The van der Waals surface area contributed by atoms with E-state index in [-0.39, 0.29) is 0 Å². The van der Waals surface area contributed by atoms with E-state index in [2.05, 4.69) is 33.8 Å². The summed E-state index contributed by atoms with van der Waals surface area (Å²) in [5, 5.41) is 9.19. The number of anilines is 1. The number of halogens is 1. The number of hydrogen-bond donors (Lipinski definition) is 0. The Hall–Kier alpha value is -1.01. The van der Waals surface area contributed by atoms with Crippen molar-refractivity contribution in [2.75, 3.05) is 18.0 Å². The summed E-state index contributed by atoms with van der Waals surface area (Å²) in [6.07, 6.45) is 2.68. The van der Waals surface area contributed by atoms with Gasteiger partial charge in [-0.15, -0.1) is 0 Å². The largest absolute Gasteiger partial charge is 0.370 e. The first-order valence-corrected chi connectivity index (χ1v) is 6.49. The molecule has 0 aromatic heterocycles. The number of rotatable bonds is 4. The minimum absolute atomic E-state index is 0.755. The molecule has 1 saturated carbocycles. The highest BCUT2D eigenvalue weighted by atomic mass is 79.9. The highest BCUT2D eigenvalue weighted by molar-refractivity contribution is 9.10. The predicted molar refractivity (Wildman–Crippen MR) is 69.5 cm³/mol. The van der Waals surface area contributed by atoms with Gasteiger partial charge in [-0.1, -0.05) is 6.07 Å². The van der Waals surface area contributed by atoms with Crippen LogP contribution in [0, 0.1) is 17.2 Å². The molecule has 0 spiro atoms. The molecule has 0 aliphatic heterocycles. The molecular weight excluding hydrogens is 264 g/mol. The van der Waals surface area contributed by atoms with E-state index in [0.717, 1.165) is 34.7 Å². The molecule has 0 bridgehead atoms. The highest BCUT2D eigenvalue weighted by Crippen LogP contribution is 2.33. The topological polar surface area (TPSA) is 27.0 Å². The van der Waals surface area contributed by atoms with Crippen LogP contribution in [0.5, 0.6) is 0 Å². The third kappa shape index (κ3) is 2.38. The van der Waals surface area contributed by atoms with Crippen LogP contribution < -0.4 is 4.90 Å². The second-order valence-electron chi connectivity index (χ2n) is 4.23. The van der Waals surface area contributed by atoms with Gasteiger partial charge in [0.25, 0.3) is 0 Å². The summed E-state index contributed by atoms with van der Waals surface area (Å²) >= 11 is 3.44. The summed E-state index contributed by atoms with van der Waals surface area (Å²) in [4.78, 5) is 2.31. The van der Waals surface area contributed by atoms with E-state index in [9.17, 15) is 5.26 Å². The van der Waals surface area contributed by atoms with Crippen LogP contribution >= 0.6 is 15.9 Å². The van der Waals surface area contributed by atoms with Crippen molar-refractivity contribution in [1.82, 2.24) is 0 Å². The van der Waals surface area contributed by atoms with Crippen molar-refractivity contribution in [3.63, 3.8) is 0 Å². The molecule has 0 atom stereocenters. The molecule has 0 N–H and O–H groups in total. The number of nitriles is 1. The molecule has 1 aromatic rings. The van der Waals surface area contributed by atoms with Gasteiger partial charge in [0.1, 0.15) is 6.07 Å². The minimum Gasteiger partial charge on any atom is -0.370 e. The summed E-state index contributed by atoms with van der Waals surface area (Å²) in [7, 11) is 0. The standard InChI is InChI=1S/C13H15BrN2/c1-2-16(9-10-6-7-10)13-5-3-4-12(14)11(13)8-15/h3-5,10H,2,6-7,9H2,1H3. The molecule has 0 amide bonds. The van der Waals surface area contributed by atoms with Gasteiger partial charge in [0.2, 0.25) is 0 Å². The molecule has 0 radical (unpaired) electrons. The van der Waals surface area contributed by atoms with Gasteiger partial charge < -0.3 is 4.90 Å². The van der Waals surface area contributed by atoms with E-state index in [1.165, 1.54) is 12.8 Å². The molecule has 16 heavy (non-hydrogen) atoms. The molecule has 84 valence electrons. The maximum atomic E-state index is 9.19. The third-order valence-corrected chi connectivity index (χ3v) is 3.66. The summed E-state index contributed by atoms with van der Waals surface area (Å²) in [5.74, 6) is 0.838. The highest BCUT2D eigenvalue weighted by Gasteiger charge is 2.25. The van der Waals surface area contributed by atoms with Crippen molar-refractivity contribution in [2.45, 2.75) is 19.8 Å². The van der Waals surface area contributed by atoms with Crippen molar-refractivity contribution in [2.24, 2.45) is 5.92 Å². The quantitative estimate of drug-likeness (QED) is 0.842. The lowest BCUT2D eigenvalue weighted by molar-refractivity contribution is 0.741. The lowest BCUT2D eigenvalue weighted by Crippen LogP contribution is -2.26. The first kappa shape index (κ1) is 11.5. The zero-order valence-corrected chi connectivity index (χ0v) is 11.0. The maximum absolute atomic E-state index is 9.19. The Morgan fingerprint density at radius 3 is 2.81 bits per heavy atom. The Kier molecular flexibility index (Phi) is 3.50. The van der Waals surface area contributed by atoms with E-state index >= 15 is 0 Å². The minimum atomic E-state index is 0.755. The Balaban J connectivity index is 2.29. The molecule has 1 fully saturated rings. The van der Waals surface area contributed by atoms with Crippen LogP contribution in [0.3, 0.4) is 0 Å². The zero-order chi connectivity index (χ0) is 11.5. The molecule has 1 aromatic carbocycles. The van der Waals surface area contributed by atoms with Crippen molar-refractivity contribution >= 4 is 21.6 Å². The van der Waals surface area contributed by atoms with E-state index < -0.39 is 0 Å². The van der Waals surface area contributed by atoms with Gasteiger partial charge in [0.05, 0.1) is 11.3 Å². The van der Waals surface area contributed by atoms with E-state index in [4.69, 9.17) is 0 Å². The van der Waals surface area contributed by atoms with E-state index in [1.807, 2.05) is 18.2 Å². The molecular formula is C13H15BrN2. The Bertz CT molecular complexity index is 418. The van der Waals surface area contributed by atoms with Crippen LogP contribution in [0.1, 0.15) is 25.3 Å². The fourth-order valence-corrected chi connectivity index (χ4v) is 2.34. The molecule has 2 rings (SSSR count). The van der Waals surface area contributed by atoms with E-state index in [0.29, 0.717) is 0 Å². The van der Waals surface area contributed by atoms with Gasteiger partial charge in [0, 0.05) is 17.6 Å². The maximum Gasteiger partial charge on any atom is 0.103 e. The lowest BCUT2D eigenvalue weighted by atomic mass is 10.1. The van der Waals surface area contributed by atoms with Gasteiger partial charge in [-0.05, 0) is 53.7 Å². The average Bonchev–Trinajstić information content (AvgIpc) is 3.09. The average molecular weight is 279 g/mol. The predicted octanol–water partition coefficient (Wildman–Crippen LogP) is 3.56. The fraction of sp³-hybridized carbons (Fsp3) is 0.462. The number of nitrogens with zero attached hydrogens (tertiary/aromatic N) is 2. The molecule has 0 saturated heterocycles. The molecule has 2 nitrogen and oxygen atoms in total. The summed E-state index contributed by atoms with van der Waals surface area (Å²) in [6.45, 7) is 4.19. The lowest BCUT2D eigenvalue weighted by Gasteiger charge is -2.24. The number of benzene rings is 1. The van der Waals surface area contributed by atoms with Crippen LogP contribution in [-0.2, 0) is 0 Å². The molecule has 0 heterocycles. The van der Waals surface area contributed by atoms with Crippen LogP contribution in [0.4, 0.5) is 5.69 Å². The molecule has 1 aliphatic carbocycles. The zero-order valence-electron chi connectivity index (χ0n) is 9.41. The van der Waals surface area contributed by atoms with Crippen LogP contribution in [-0.4, -0.2) is 13.1 Å². The monoisotopic (exact) mass is 278 g/mol. The van der Waals surface area contributed by atoms with E-state index in [1.54, 1.807) is 0 Å². The third-order valence-electron chi connectivity index (χ3n) is 3.00. The van der Waals surface area contributed by atoms with Crippen LogP contribution in [0.25, 0.3) is 0 Å². The fourth-order valence-electron chi connectivity index (χ4n) is 1.90. The molecule has 1 aliphatic rings. The Morgan fingerprint density at radius 1 is 1.50 bits per heavy atom. The normalized spacial score (nSPS) is 14.6. The second-order valence-corrected chi connectivity index (χ2v) is 5.08.